The van der Waals surface area contributed by atoms with Gasteiger partial charge >= 0.3 is 5.97 Å². The van der Waals surface area contributed by atoms with E-state index in [1.807, 2.05) is 0 Å². The fraction of sp³-hybridized carbons (Fsp3) is 0.231. The zero-order chi connectivity index (χ0) is 14.4. The zero-order valence-electron chi connectivity index (χ0n) is 10.5. The normalized spacial score (nSPS) is 10.9. The second-order valence-electron chi connectivity index (χ2n) is 3.93. The summed E-state index contributed by atoms with van der Waals surface area (Å²) in [5, 5.41) is 19.9. The Morgan fingerprint density at radius 3 is 2.63 bits per heavy atom. The van der Waals surface area contributed by atoms with E-state index in [4.69, 9.17) is 10.00 Å². The second-order valence-corrected chi connectivity index (χ2v) is 3.93. The Balaban J connectivity index is 3.18. The molecule has 0 fully saturated rings. The number of carbonyl (C=O) groups is 1. The predicted octanol–water partition coefficient (Wildman–Crippen LogP) is 2.45. The number of nitriles is 1. The van der Waals surface area contributed by atoms with Crippen molar-refractivity contribution in [1.82, 2.24) is 0 Å². The van der Waals surface area contributed by atoms with E-state index in [-0.39, 0.29) is 22.9 Å². The molecule has 0 radical (unpaired) electrons. The van der Waals surface area contributed by atoms with Crippen molar-refractivity contribution in [3.63, 3.8) is 0 Å². The Hall–Kier alpha value is -2.68. The van der Waals surface area contributed by atoms with Gasteiger partial charge in [-0.05, 0) is 19.9 Å². The van der Waals surface area contributed by atoms with Crippen molar-refractivity contribution in [3.8, 4) is 6.07 Å². The van der Waals surface area contributed by atoms with Gasteiger partial charge in [0, 0.05) is 12.1 Å². The van der Waals surface area contributed by atoms with Crippen LogP contribution in [0.2, 0.25) is 0 Å². The molecule has 0 saturated heterocycles. The average molecular weight is 260 g/mol. The molecule has 0 heterocycles. The summed E-state index contributed by atoms with van der Waals surface area (Å²) < 4.78 is 4.87. The molecule has 1 rings (SSSR count). The third-order valence-corrected chi connectivity index (χ3v) is 2.13. The first kappa shape index (κ1) is 14.4. The quantitative estimate of drug-likeness (QED) is 0.272. The lowest BCUT2D eigenvalue weighted by Crippen LogP contribution is -2.09. The maximum atomic E-state index is 11.5. The lowest BCUT2D eigenvalue weighted by Gasteiger charge is -2.05. The Morgan fingerprint density at radius 2 is 2.11 bits per heavy atom. The van der Waals surface area contributed by atoms with Gasteiger partial charge in [0.15, 0.2) is 0 Å². The molecular weight excluding hydrogens is 248 g/mol. The fourth-order valence-corrected chi connectivity index (χ4v) is 1.42. The molecule has 98 valence electrons. The Labute approximate surface area is 110 Å². The van der Waals surface area contributed by atoms with Crippen LogP contribution >= 0.6 is 0 Å². The van der Waals surface area contributed by atoms with Crippen molar-refractivity contribution >= 4 is 17.2 Å². The number of hydrogen-bond acceptors (Lipinski definition) is 5. The molecule has 1 aromatic rings. The summed E-state index contributed by atoms with van der Waals surface area (Å²) in [6, 6.07) is 7.50. The van der Waals surface area contributed by atoms with Crippen LogP contribution in [-0.4, -0.2) is 17.0 Å². The molecule has 0 spiro atoms. The van der Waals surface area contributed by atoms with Crippen molar-refractivity contribution in [2.75, 3.05) is 0 Å². The van der Waals surface area contributed by atoms with Gasteiger partial charge in [-0.15, -0.1) is 0 Å². The number of nitro groups is 1. The first-order chi connectivity index (χ1) is 8.95. The second kappa shape index (κ2) is 6.31. The van der Waals surface area contributed by atoms with Crippen LogP contribution in [0.5, 0.6) is 0 Å². The van der Waals surface area contributed by atoms with E-state index in [1.54, 1.807) is 26.0 Å². The van der Waals surface area contributed by atoms with Crippen molar-refractivity contribution < 1.29 is 14.5 Å². The summed E-state index contributed by atoms with van der Waals surface area (Å²) in [7, 11) is 0. The molecular formula is C13H12N2O4. The van der Waals surface area contributed by atoms with Crippen LogP contribution < -0.4 is 0 Å². The molecule has 0 aromatic heterocycles. The van der Waals surface area contributed by atoms with Crippen molar-refractivity contribution in [2.45, 2.75) is 20.0 Å². The summed E-state index contributed by atoms with van der Waals surface area (Å²) in [5.74, 6) is -0.704. The molecule has 0 unspecified atom stereocenters. The van der Waals surface area contributed by atoms with Gasteiger partial charge in [0.25, 0.3) is 5.69 Å². The molecule has 0 atom stereocenters. The number of esters is 1. The van der Waals surface area contributed by atoms with E-state index in [0.29, 0.717) is 0 Å². The van der Waals surface area contributed by atoms with E-state index < -0.39 is 10.9 Å². The van der Waals surface area contributed by atoms with Gasteiger partial charge in [-0.3, -0.25) is 10.1 Å². The monoisotopic (exact) mass is 260 g/mol. The molecule has 0 N–H and O–H groups in total. The average Bonchev–Trinajstić information content (AvgIpc) is 2.35. The molecule has 0 saturated carbocycles. The lowest BCUT2D eigenvalue weighted by molar-refractivity contribution is -0.385. The smallest absolute Gasteiger partial charge is 0.332 e. The standard InChI is InChI=1S/C13H12N2O4/c1-9(2)19-13(16)7-10(8-14)11-5-3-4-6-12(11)15(17)18/h3-7,9H,1-2H3. The maximum Gasteiger partial charge on any atom is 0.332 e. The number of allylic oxidation sites excluding steroid dienone is 1. The third-order valence-electron chi connectivity index (χ3n) is 2.13. The van der Waals surface area contributed by atoms with Gasteiger partial charge in [0.05, 0.1) is 22.2 Å². The molecule has 6 nitrogen and oxygen atoms in total. The van der Waals surface area contributed by atoms with Crippen LogP contribution in [0.25, 0.3) is 5.57 Å². The van der Waals surface area contributed by atoms with Gasteiger partial charge in [0.2, 0.25) is 0 Å². The molecule has 1 aromatic carbocycles. The summed E-state index contributed by atoms with van der Waals surface area (Å²) in [6.07, 6.45) is 0.636. The van der Waals surface area contributed by atoms with E-state index in [0.717, 1.165) is 6.08 Å². The van der Waals surface area contributed by atoms with Crippen LogP contribution in [0.4, 0.5) is 5.69 Å². The van der Waals surface area contributed by atoms with Crippen LogP contribution in [0.3, 0.4) is 0 Å². The largest absolute Gasteiger partial charge is 0.460 e. The lowest BCUT2D eigenvalue weighted by atomic mass is 10.0. The van der Waals surface area contributed by atoms with E-state index in [9.17, 15) is 14.9 Å². The molecule has 0 bridgehead atoms. The van der Waals surface area contributed by atoms with Gasteiger partial charge in [-0.2, -0.15) is 5.26 Å². The number of nitrogens with zero attached hydrogens (tertiary/aromatic N) is 2. The zero-order valence-corrected chi connectivity index (χ0v) is 10.5. The summed E-state index contributed by atoms with van der Waals surface area (Å²) in [4.78, 5) is 21.7. The van der Waals surface area contributed by atoms with Crippen molar-refractivity contribution in [2.24, 2.45) is 0 Å². The minimum absolute atomic E-state index is 0.0932. The number of rotatable bonds is 4. The Bertz CT molecular complexity index is 570. The molecule has 0 aliphatic rings. The van der Waals surface area contributed by atoms with Crippen molar-refractivity contribution in [1.29, 1.82) is 5.26 Å². The SMILES string of the molecule is CC(C)OC(=O)C=C(C#N)c1ccccc1[N+](=O)[O-]. The maximum absolute atomic E-state index is 11.5. The molecule has 0 aliphatic carbocycles. The Kier molecular flexibility index (Phi) is 4.77. The third kappa shape index (κ3) is 3.92. The highest BCUT2D eigenvalue weighted by Crippen LogP contribution is 2.25. The summed E-state index contributed by atoms with van der Waals surface area (Å²) in [5.41, 5.74) is -0.235. The Morgan fingerprint density at radius 1 is 1.47 bits per heavy atom. The van der Waals surface area contributed by atoms with Gasteiger partial charge in [0.1, 0.15) is 6.07 Å². The van der Waals surface area contributed by atoms with Crippen LogP contribution in [-0.2, 0) is 9.53 Å². The minimum atomic E-state index is -0.704. The number of benzene rings is 1. The van der Waals surface area contributed by atoms with Crippen molar-refractivity contribution in [3.05, 3.63) is 46.0 Å². The van der Waals surface area contributed by atoms with E-state index in [2.05, 4.69) is 0 Å². The topological polar surface area (TPSA) is 93.2 Å². The summed E-state index contributed by atoms with van der Waals surface area (Å²) in [6.45, 7) is 3.34. The number of carbonyl (C=O) groups excluding carboxylic acids is 1. The highest BCUT2D eigenvalue weighted by molar-refractivity contribution is 5.96. The highest BCUT2D eigenvalue weighted by atomic mass is 16.6. The molecule has 19 heavy (non-hydrogen) atoms. The van der Waals surface area contributed by atoms with Crippen LogP contribution in [0.15, 0.2) is 30.3 Å². The van der Waals surface area contributed by atoms with Crippen LogP contribution in [0.1, 0.15) is 19.4 Å². The van der Waals surface area contributed by atoms with Crippen LogP contribution in [0, 0.1) is 21.4 Å². The van der Waals surface area contributed by atoms with E-state index in [1.165, 1.54) is 18.2 Å². The first-order valence-corrected chi connectivity index (χ1v) is 5.52. The number of ether oxygens (including phenoxy) is 1. The summed E-state index contributed by atoms with van der Waals surface area (Å²) >= 11 is 0. The first-order valence-electron chi connectivity index (χ1n) is 5.52. The number of hydrogen-bond donors (Lipinski definition) is 0. The minimum Gasteiger partial charge on any atom is -0.460 e. The van der Waals surface area contributed by atoms with Gasteiger partial charge in [-0.25, -0.2) is 4.79 Å². The number of nitro benzene ring substituents is 1. The van der Waals surface area contributed by atoms with Gasteiger partial charge < -0.3 is 4.74 Å². The highest BCUT2D eigenvalue weighted by Gasteiger charge is 2.17. The molecule has 0 amide bonds. The predicted molar refractivity (Wildman–Crippen MR) is 67.9 cm³/mol. The molecule has 6 heteroatoms. The van der Waals surface area contributed by atoms with Gasteiger partial charge in [-0.1, -0.05) is 12.1 Å². The van der Waals surface area contributed by atoms with E-state index >= 15 is 0 Å². The fourth-order valence-electron chi connectivity index (χ4n) is 1.42. The molecule has 0 aliphatic heterocycles. The number of para-hydroxylation sites is 1.